The first-order chi connectivity index (χ1) is 8.65. The standard InChI is InChI=1S/C9H5BrF5NO3/c10-2-3-1-4(8(17)18)5(6(11)12)16-7(3)19-9(13,14)15/h1,6H,2H2,(H,17,18). The van der Waals surface area contributed by atoms with Gasteiger partial charge in [-0.05, 0) is 6.07 Å². The minimum Gasteiger partial charge on any atom is -0.478 e. The lowest BCUT2D eigenvalue weighted by Gasteiger charge is -2.14. The number of halogens is 6. The predicted octanol–water partition coefficient (Wildman–Crippen LogP) is 3.51. The van der Waals surface area contributed by atoms with Crippen LogP contribution in [-0.4, -0.2) is 22.4 Å². The summed E-state index contributed by atoms with van der Waals surface area (Å²) >= 11 is 2.79. The maximum atomic E-state index is 12.6. The first kappa shape index (κ1) is 15.6. The zero-order chi connectivity index (χ0) is 14.8. The van der Waals surface area contributed by atoms with E-state index in [9.17, 15) is 26.7 Å². The second-order valence-electron chi connectivity index (χ2n) is 3.17. The molecule has 0 unspecified atom stereocenters. The van der Waals surface area contributed by atoms with Gasteiger partial charge in [-0.3, -0.25) is 0 Å². The summed E-state index contributed by atoms with van der Waals surface area (Å²) in [6.07, 6.45) is -8.46. The molecule has 4 nitrogen and oxygen atoms in total. The minimum absolute atomic E-state index is 0.241. The second-order valence-corrected chi connectivity index (χ2v) is 3.73. The monoisotopic (exact) mass is 349 g/mol. The number of carboxylic acid groups (broad SMARTS) is 1. The van der Waals surface area contributed by atoms with Gasteiger partial charge in [-0.1, -0.05) is 15.9 Å². The average molecular weight is 350 g/mol. The molecule has 1 N–H and O–H groups in total. The summed E-state index contributed by atoms with van der Waals surface area (Å²) in [4.78, 5) is 13.7. The lowest BCUT2D eigenvalue weighted by molar-refractivity contribution is -0.276. The summed E-state index contributed by atoms with van der Waals surface area (Å²) in [5.41, 5.74) is -2.46. The molecule has 0 amide bonds. The van der Waals surface area contributed by atoms with Gasteiger partial charge in [0.05, 0.1) is 5.56 Å². The predicted molar refractivity (Wildman–Crippen MR) is 55.5 cm³/mol. The molecule has 0 bridgehead atoms. The molecule has 0 aliphatic heterocycles. The van der Waals surface area contributed by atoms with Gasteiger partial charge in [0.15, 0.2) is 0 Å². The third-order valence-corrected chi connectivity index (χ3v) is 2.49. The summed E-state index contributed by atoms with van der Waals surface area (Å²) in [6, 6.07) is 0.659. The molecule has 0 saturated heterocycles. The van der Waals surface area contributed by atoms with Crippen LogP contribution in [0.15, 0.2) is 6.07 Å². The zero-order valence-corrected chi connectivity index (χ0v) is 10.4. The summed E-state index contributed by atoms with van der Waals surface area (Å²) in [7, 11) is 0. The zero-order valence-electron chi connectivity index (χ0n) is 8.84. The van der Waals surface area contributed by atoms with Crippen molar-refractivity contribution in [3.8, 4) is 5.88 Å². The number of aromatic carboxylic acids is 1. The number of hydrogen-bond acceptors (Lipinski definition) is 3. The molecular formula is C9H5BrF5NO3. The van der Waals surface area contributed by atoms with Crippen LogP contribution < -0.4 is 4.74 Å². The Morgan fingerprint density at radius 2 is 2.05 bits per heavy atom. The van der Waals surface area contributed by atoms with Crippen LogP contribution in [-0.2, 0) is 5.33 Å². The molecule has 1 heterocycles. The number of nitrogens with zero attached hydrogens (tertiary/aromatic N) is 1. The van der Waals surface area contributed by atoms with Gasteiger partial charge in [0.25, 0.3) is 6.43 Å². The minimum atomic E-state index is -5.12. The van der Waals surface area contributed by atoms with Crippen LogP contribution in [0.25, 0.3) is 0 Å². The smallest absolute Gasteiger partial charge is 0.478 e. The molecule has 1 aromatic heterocycles. The largest absolute Gasteiger partial charge is 0.574 e. The van der Waals surface area contributed by atoms with Gasteiger partial charge in [-0.25, -0.2) is 18.6 Å². The van der Waals surface area contributed by atoms with E-state index in [4.69, 9.17) is 5.11 Å². The third kappa shape index (κ3) is 4.01. The fourth-order valence-electron chi connectivity index (χ4n) is 1.18. The van der Waals surface area contributed by atoms with Gasteiger partial charge in [0.1, 0.15) is 5.69 Å². The third-order valence-electron chi connectivity index (χ3n) is 1.88. The molecule has 0 radical (unpaired) electrons. The Hall–Kier alpha value is -1.45. The second kappa shape index (κ2) is 5.68. The van der Waals surface area contributed by atoms with Crippen LogP contribution >= 0.6 is 15.9 Å². The molecule has 1 rings (SSSR count). The van der Waals surface area contributed by atoms with Crippen LogP contribution in [0.4, 0.5) is 22.0 Å². The molecular weight excluding hydrogens is 345 g/mol. The number of pyridine rings is 1. The van der Waals surface area contributed by atoms with Gasteiger partial charge >= 0.3 is 12.3 Å². The number of ether oxygens (including phenoxy) is 1. The van der Waals surface area contributed by atoms with Crippen molar-refractivity contribution in [3.05, 3.63) is 22.9 Å². The summed E-state index contributed by atoms with van der Waals surface area (Å²) in [5.74, 6) is -2.83. The fourth-order valence-corrected chi connectivity index (χ4v) is 1.58. The lowest BCUT2D eigenvalue weighted by atomic mass is 10.1. The summed E-state index contributed by atoms with van der Waals surface area (Å²) < 4.78 is 64.8. The van der Waals surface area contributed by atoms with E-state index in [1.54, 1.807) is 0 Å². The molecule has 10 heteroatoms. The highest BCUT2D eigenvalue weighted by Gasteiger charge is 2.34. The molecule has 0 aliphatic carbocycles. The van der Waals surface area contributed by atoms with Crippen LogP contribution in [0.2, 0.25) is 0 Å². The van der Waals surface area contributed by atoms with Crippen molar-refractivity contribution in [2.75, 3.05) is 0 Å². The number of hydrogen-bond donors (Lipinski definition) is 1. The van der Waals surface area contributed by atoms with Crippen LogP contribution in [0.5, 0.6) is 5.88 Å². The Kier molecular flexibility index (Phi) is 4.66. The summed E-state index contributed by atoms with van der Waals surface area (Å²) in [5, 5.41) is 8.47. The van der Waals surface area contributed by atoms with Crippen molar-refractivity contribution in [2.45, 2.75) is 18.1 Å². The topological polar surface area (TPSA) is 59.4 Å². The van der Waals surface area contributed by atoms with Crippen LogP contribution in [0, 0.1) is 0 Å². The normalized spacial score (nSPS) is 11.7. The lowest BCUT2D eigenvalue weighted by Crippen LogP contribution is -2.20. The maximum Gasteiger partial charge on any atom is 0.574 e. The highest BCUT2D eigenvalue weighted by atomic mass is 79.9. The first-order valence-corrected chi connectivity index (χ1v) is 5.64. The molecule has 0 fully saturated rings. The van der Waals surface area contributed by atoms with Gasteiger partial charge in [0, 0.05) is 10.9 Å². The highest BCUT2D eigenvalue weighted by Crippen LogP contribution is 2.31. The van der Waals surface area contributed by atoms with Crippen molar-refractivity contribution in [3.63, 3.8) is 0 Å². The first-order valence-electron chi connectivity index (χ1n) is 4.52. The Labute approximate surface area is 111 Å². The quantitative estimate of drug-likeness (QED) is 0.667. The number of rotatable bonds is 4. The number of carboxylic acids is 1. The Bertz CT molecular complexity index is 491. The molecule has 0 atom stereocenters. The van der Waals surface area contributed by atoms with E-state index < -0.39 is 35.9 Å². The van der Waals surface area contributed by atoms with Crippen LogP contribution in [0.1, 0.15) is 28.0 Å². The molecule has 106 valence electrons. The molecule has 0 spiro atoms. The van der Waals surface area contributed by atoms with Crippen molar-refractivity contribution in [1.29, 1.82) is 0 Å². The molecule has 0 aliphatic rings. The number of aromatic nitrogens is 1. The van der Waals surface area contributed by atoms with E-state index in [1.165, 1.54) is 0 Å². The van der Waals surface area contributed by atoms with Gasteiger partial charge in [0.2, 0.25) is 5.88 Å². The summed E-state index contributed by atoms with van der Waals surface area (Å²) in [6.45, 7) is 0. The van der Waals surface area contributed by atoms with Gasteiger partial charge in [-0.2, -0.15) is 0 Å². The van der Waals surface area contributed by atoms with Crippen molar-refractivity contribution < 1.29 is 36.6 Å². The van der Waals surface area contributed by atoms with E-state index >= 15 is 0 Å². The van der Waals surface area contributed by atoms with Gasteiger partial charge in [-0.15, -0.1) is 13.2 Å². The average Bonchev–Trinajstić information content (AvgIpc) is 2.25. The van der Waals surface area contributed by atoms with Crippen molar-refractivity contribution in [1.82, 2.24) is 4.98 Å². The van der Waals surface area contributed by atoms with E-state index in [0.29, 0.717) is 6.07 Å². The van der Waals surface area contributed by atoms with E-state index in [-0.39, 0.29) is 10.9 Å². The fraction of sp³-hybridized carbons (Fsp3) is 0.333. The Morgan fingerprint density at radius 3 is 2.42 bits per heavy atom. The number of carbonyl (C=O) groups is 1. The Balaban J connectivity index is 3.39. The van der Waals surface area contributed by atoms with Crippen molar-refractivity contribution >= 4 is 21.9 Å². The van der Waals surface area contributed by atoms with Gasteiger partial charge < -0.3 is 9.84 Å². The van der Waals surface area contributed by atoms with Crippen molar-refractivity contribution in [2.24, 2.45) is 0 Å². The molecule has 0 aromatic carbocycles. The molecule has 0 saturated carbocycles. The SMILES string of the molecule is O=C(O)c1cc(CBr)c(OC(F)(F)F)nc1C(F)F. The van der Waals surface area contributed by atoms with Crippen LogP contribution in [0.3, 0.4) is 0 Å². The van der Waals surface area contributed by atoms with E-state index in [2.05, 4.69) is 25.7 Å². The maximum absolute atomic E-state index is 12.6. The molecule has 1 aromatic rings. The van der Waals surface area contributed by atoms with E-state index in [1.807, 2.05) is 0 Å². The number of alkyl halides is 6. The van der Waals surface area contributed by atoms with E-state index in [0.717, 1.165) is 0 Å². The molecule has 19 heavy (non-hydrogen) atoms. The highest BCUT2D eigenvalue weighted by molar-refractivity contribution is 9.08. The Morgan fingerprint density at radius 1 is 1.47 bits per heavy atom.